The third kappa shape index (κ3) is 2.84. The summed E-state index contributed by atoms with van der Waals surface area (Å²) in [6.45, 7) is 0.280. The van der Waals surface area contributed by atoms with Gasteiger partial charge in [-0.25, -0.2) is 9.67 Å². The van der Waals surface area contributed by atoms with Crippen molar-refractivity contribution in [3.05, 3.63) is 75.1 Å². The second kappa shape index (κ2) is 5.71. The summed E-state index contributed by atoms with van der Waals surface area (Å²) in [7, 11) is 0. The van der Waals surface area contributed by atoms with Gasteiger partial charge < -0.3 is 0 Å². The number of para-hydroxylation sites is 1. The van der Waals surface area contributed by atoms with E-state index in [0.717, 1.165) is 11.4 Å². The average Bonchev–Trinajstić information content (AvgIpc) is 2.97. The molecule has 3 aromatic rings. The van der Waals surface area contributed by atoms with Crippen molar-refractivity contribution in [3.63, 3.8) is 0 Å². The third-order valence-electron chi connectivity index (χ3n) is 2.94. The van der Waals surface area contributed by atoms with Crippen LogP contribution >= 0.6 is 23.2 Å². The van der Waals surface area contributed by atoms with Gasteiger partial charge in [0.15, 0.2) is 5.15 Å². The molecule has 106 valence electrons. The Bertz CT molecular complexity index is 826. The summed E-state index contributed by atoms with van der Waals surface area (Å²) in [5, 5.41) is 4.35. The van der Waals surface area contributed by atoms with Gasteiger partial charge >= 0.3 is 0 Å². The van der Waals surface area contributed by atoms with E-state index < -0.39 is 0 Å². The van der Waals surface area contributed by atoms with E-state index in [-0.39, 0.29) is 22.3 Å². The molecule has 0 amide bonds. The number of benzene rings is 1. The van der Waals surface area contributed by atoms with Crippen LogP contribution in [0.15, 0.2) is 53.7 Å². The van der Waals surface area contributed by atoms with Crippen LogP contribution in [0.2, 0.25) is 10.2 Å². The Morgan fingerprint density at radius 2 is 1.86 bits per heavy atom. The van der Waals surface area contributed by atoms with Gasteiger partial charge in [0.25, 0.3) is 5.56 Å². The minimum Gasteiger partial charge on any atom is -0.292 e. The maximum absolute atomic E-state index is 11.9. The van der Waals surface area contributed by atoms with E-state index in [1.165, 1.54) is 10.9 Å². The molecule has 3 rings (SSSR count). The van der Waals surface area contributed by atoms with Crippen molar-refractivity contribution in [2.45, 2.75) is 6.54 Å². The molecule has 2 aromatic heterocycles. The highest BCUT2D eigenvalue weighted by Gasteiger charge is 2.09. The van der Waals surface area contributed by atoms with Gasteiger partial charge in [-0.15, -0.1) is 0 Å². The van der Waals surface area contributed by atoms with Gasteiger partial charge in [0.2, 0.25) is 0 Å². The van der Waals surface area contributed by atoms with Crippen molar-refractivity contribution in [2.75, 3.05) is 0 Å². The van der Waals surface area contributed by atoms with Crippen LogP contribution < -0.4 is 5.56 Å². The molecule has 0 spiro atoms. The fourth-order valence-electron chi connectivity index (χ4n) is 1.90. The van der Waals surface area contributed by atoms with Crippen molar-refractivity contribution in [1.82, 2.24) is 19.3 Å². The lowest BCUT2D eigenvalue weighted by molar-refractivity contribution is 0.703. The lowest BCUT2D eigenvalue weighted by atomic mass is 10.3. The molecule has 0 saturated heterocycles. The van der Waals surface area contributed by atoms with Crippen LogP contribution in [-0.2, 0) is 6.54 Å². The van der Waals surface area contributed by atoms with Crippen LogP contribution in [0.4, 0.5) is 0 Å². The summed E-state index contributed by atoms with van der Waals surface area (Å²) >= 11 is 11.5. The zero-order chi connectivity index (χ0) is 14.8. The van der Waals surface area contributed by atoms with Crippen molar-refractivity contribution in [1.29, 1.82) is 0 Å². The summed E-state index contributed by atoms with van der Waals surface area (Å²) < 4.78 is 3.11. The molecular formula is C14H10Cl2N4O. The first-order valence-electron chi connectivity index (χ1n) is 6.15. The van der Waals surface area contributed by atoms with E-state index in [0.29, 0.717) is 0 Å². The smallest absolute Gasteiger partial charge is 0.274 e. The average molecular weight is 321 g/mol. The van der Waals surface area contributed by atoms with E-state index in [1.807, 2.05) is 42.6 Å². The van der Waals surface area contributed by atoms with E-state index >= 15 is 0 Å². The van der Waals surface area contributed by atoms with Gasteiger partial charge in [0.05, 0.1) is 24.3 Å². The molecule has 0 saturated carbocycles. The summed E-state index contributed by atoms with van der Waals surface area (Å²) in [6.07, 6.45) is 3.19. The Morgan fingerprint density at radius 1 is 1.10 bits per heavy atom. The van der Waals surface area contributed by atoms with E-state index in [1.54, 1.807) is 4.68 Å². The monoisotopic (exact) mass is 320 g/mol. The Kier molecular flexibility index (Phi) is 3.77. The van der Waals surface area contributed by atoms with Crippen LogP contribution in [0.5, 0.6) is 0 Å². The molecule has 7 heteroatoms. The van der Waals surface area contributed by atoms with Crippen LogP contribution in [-0.4, -0.2) is 19.3 Å². The molecule has 2 heterocycles. The maximum Gasteiger partial charge on any atom is 0.274 e. The Morgan fingerprint density at radius 3 is 2.62 bits per heavy atom. The zero-order valence-electron chi connectivity index (χ0n) is 10.8. The summed E-state index contributed by atoms with van der Waals surface area (Å²) in [5.74, 6) is 0. The molecule has 0 aliphatic carbocycles. The van der Waals surface area contributed by atoms with Gasteiger partial charge in [-0.05, 0) is 18.2 Å². The van der Waals surface area contributed by atoms with Crippen molar-refractivity contribution in [3.8, 4) is 5.69 Å². The number of nitrogens with zero attached hydrogens (tertiary/aromatic N) is 4. The molecular weight excluding hydrogens is 311 g/mol. The molecule has 0 aliphatic rings. The van der Waals surface area contributed by atoms with E-state index in [2.05, 4.69) is 10.1 Å². The maximum atomic E-state index is 11.9. The fourth-order valence-corrected chi connectivity index (χ4v) is 2.18. The second-order valence-electron chi connectivity index (χ2n) is 4.37. The molecule has 0 fully saturated rings. The zero-order valence-corrected chi connectivity index (χ0v) is 12.3. The van der Waals surface area contributed by atoms with Crippen molar-refractivity contribution in [2.24, 2.45) is 0 Å². The number of halogens is 2. The first kappa shape index (κ1) is 13.9. The number of rotatable bonds is 3. The molecule has 0 radical (unpaired) electrons. The molecule has 0 N–H and O–H groups in total. The van der Waals surface area contributed by atoms with Gasteiger partial charge in [-0.2, -0.15) is 5.10 Å². The Labute approximate surface area is 130 Å². The summed E-state index contributed by atoms with van der Waals surface area (Å²) in [4.78, 5) is 15.8. The number of aromatic nitrogens is 4. The number of hydrogen-bond donors (Lipinski definition) is 0. The highest BCUT2D eigenvalue weighted by atomic mass is 35.5. The fraction of sp³-hybridized carbons (Fsp3) is 0.0714. The predicted molar refractivity (Wildman–Crippen MR) is 81.2 cm³/mol. The molecule has 0 atom stereocenters. The topological polar surface area (TPSA) is 52.7 Å². The minimum atomic E-state index is -0.383. The van der Waals surface area contributed by atoms with Crippen LogP contribution in [0, 0.1) is 0 Å². The molecule has 0 bridgehead atoms. The predicted octanol–water partition coefficient (Wildman–Crippen LogP) is 2.78. The van der Waals surface area contributed by atoms with Crippen molar-refractivity contribution >= 4 is 23.2 Å². The largest absolute Gasteiger partial charge is 0.292 e. The molecule has 1 aromatic carbocycles. The quantitative estimate of drug-likeness (QED) is 0.697. The lowest BCUT2D eigenvalue weighted by Gasteiger charge is -2.04. The molecule has 0 unspecified atom stereocenters. The second-order valence-corrected chi connectivity index (χ2v) is 5.11. The van der Waals surface area contributed by atoms with Gasteiger partial charge in [-0.3, -0.25) is 9.36 Å². The lowest BCUT2D eigenvalue weighted by Crippen LogP contribution is -2.21. The van der Waals surface area contributed by atoms with E-state index in [4.69, 9.17) is 23.2 Å². The number of hydrogen-bond acceptors (Lipinski definition) is 3. The van der Waals surface area contributed by atoms with Crippen molar-refractivity contribution < 1.29 is 0 Å². The standard InChI is InChI=1S/C14H10Cl2N4O/c15-12-13(16)17-9-19(14(12)21)8-10-6-7-20(18-10)11-4-2-1-3-5-11/h1-7,9H,8H2. The molecule has 0 aliphatic heterocycles. The Balaban J connectivity index is 1.89. The Hall–Kier alpha value is -2.11. The summed E-state index contributed by atoms with van der Waals surface area (Å²) in [5.41, 5.74) is 1.29. The van der Waals surface area contributed by atoms with Gasteiger partial charge in [-0.1, -0.05) is 41.4 Å². The third-order valence-corrected chi connectivity index (χ3v) is 3.66. The summed E-state index contributed by atoms with van der Waals surface area (Å²) in [6, 6.07) is 11.5. The first-order chi connectivity index (χ1) is 10.1. The van der Waals surface area contributed by atoms with Gasteiger partial charge in [0.1, 0.15) is 5.02 Å². The highest BCUT2D eigenvalue weighted by Crippen LogP contribution is 2.13. The first-order valence-corrected chi connectivity index (χ1v) is 6.91. The molecule has 21 heavy (non-hydrogen) atoms. The van der Waals surface area contributed by atoms with E-state index in [9.17, 15) is 4.79 Å². The SMILES string of the molecule is O=c1c(Cl)c(Cl)ncn1Cc1ccn(-c2ccccc2)n1. The molecule has 5 nitrogen and oxygen atoms in total. The van der Waals surface area contributed by atoms with Gasteiger partial charge in [0, 0.05) is 6.20 Å². The van der Waals surface area contributed by atoms with Crippen LogP contribution in [0.25, 0.3) is 5.69 Å². The van der Waals surface area contributed by atoms with Crippen LogP contribution in [0.3, 0.4) is 0 Å². The normalized spacial score (nSPS) is 10.8. The van der Waals surface area contributed by atoms with Crippen LogP contribution in [0.1, 0.15) is 5.69 Å². The highest BCUT2D eigenvalue weighted by molar-refractivity contribution is 6.40. The minimum absolute atomic E-state index is 0.00716.